The van der Waals surface area contributed by atoms with Gasteiger partial charge in [0.1, 0.15) is 5.75 Å². The zero-order chi connectivity index (χ0) is 12.3. The number of para-hydroxylation sites is 1. The van der Waals surface area contributed by atoms with Crippen molar-refractivity contribution in [3.8, 4) is 16.2 Å². The molecule has 2 rings (SSSR count). The van der Waals surface area contributed by atoms with Gasteiger partial charge in [0.05, 0.1) is 11.5 Å². The molecule has 0 aliphatic rings. The van der Waals surface area contributed by atoms with Crippen LogP contribution in [0.1, 0.15) is 17.4 Å². The third-order valence-corrected chi connectivity index (χ3v) is 2.86. The fourth-order valence-electron chi connectivity index (χ4n) is 1.37. The molecule has 17 heavy (non-hydrogen) atoms. The van der Waals surface area contributed by atoms with E-state index in [0.29, 0.717) is 10.4 Å². The Morgan fingerprint density at radius 3 is 2.94 bits per heavy atom. The van der Waals surface area contributed by atoms with Crippen LogP contribution in [-0.4, -0.2) is 27.3 Å². The van der Waals surface area contributed by atoms with Gasteiger partial charge in [-0.2, -0.15) is 0 Å². The second-order valence-electron chi connectivity index (χ2n) is 3.19. The molecule has 6 heteroatoms. The molecule has 1 N–H and O–H groups in total. The molecule has 1 aromatic heterocycles. The van der Waals surface area contributed by atoms with Crippen LogP contribution in [0.2, 0.25) is 0 Å². The Hall–Kier alpha value is -1.95. The monoisotopic (exact) mass is 250 g/mol. The summed E-state index contributed by atoms with van der Waals surface area (Å²) in [6, 6.07) is 6.72. The minimum atomic E-state index is -0.528. The molecular formula is C11H10N2O3S. The molecule has 0 unspecified atom stereocenters. The average molecular weight is 250 g/mol. The van der Waals surface area contributed by atoms with Gasteiger partial charge in [-0.1, -0.05) is 16.6 Å². The molecule has 88 valence electrons. The number of phenols is 1. The summed E-state index contributed by atoms with van der Waals surface area (Å²) in [4.78, 5) is 12.1. The van der Waals surface area contributed by atoms with Crippen LogP contribution in [-0.2, 0) is 4.74 Å². The SMILES string of the molecule is CCOC(=O)c1nnsc1-c1ccccc1O. The summed E-state index contributed by atoms with van der Waals surface area (Å²) in [5.74, 6) is -0.441. The van der Waals surface area contributed by atoms with Crippen molar-refractivity contribution in [1.82, 2.24) is 9.59 Å². The van der Waals surface area contributed by atoms with Gasteiger partial charge in [0.2, 0.25) is 0 Å². The first-order valence-corrected chi connectivity index (χ1v) is 5.79. The summed E-state index contributed by atoms with van der Waals surface area (Å²) in [5, 5.41) is 13.5. The van der Waals surface area contributed by atoms with Gasteiger partial charge in [-0.15, -0.1) is 5.10 Å². The second kappa shape index (κ2) is 4.92. The van der Waals surface area contributed by atoms with E-state index in [2.05, 4.69) is 9.59 Å². The molecule has 0 saturated heterocycles. The Bertz CT molecular complexity index is 539. The smallest absolute Gasteiger partial charge is 0.360 e. The van der Waals surface area contributed by atoms with Gasteiger partial charge in [0, 0.05) is 5.56 Å². The fourth-order valence-corrected chi connectivity index (χ4v) is 2.05. The van der Waals surface area contributed by atoms with Crippen molar-refractivity contribution in [3.63, 3.8) is 0 Å². The maximum Gasteiger partial charge on any atom is 0.360 e. The summed E-state index contributed by atoms with van der Waals surface area (Å²) in [5.41, 5.74) is 0.670. The fraction of sp³-hybridized carbons (Fsp3) is 0.182. The van der Waals surface area contributed by atoms with Crippen molar-refractivity contribution in [3.05, 3.63) is 30.0 Å². The maximum atomic E-state index is 11.6. The van der Waals surface area contributed by atoms with Gasteiger partial charge in [-0.25, -0.2) is 4.79 Å². The van der Waals surface area contributed by atoms with Crippen molar-refractivity contribution in [2.75, 3.05) is 6.61 Å². The van der Waals surface area contributed by atoms with Crippen LogP contribution in [0.25, 0.3) is 10.4 Å². The van der Waals surface area contributed by atoms with Crippen molar-refractivity contribution in [1.29, 1.82) is 0 Å². The average Bonchev–Trinajstić information content (AvgIpc) is 2.79. The van der Waals surface area contributed by atoms with Crippen LogP contribution in [0.3, 0.4) is 0 Å². The number of aromatic nitrogens is 2. The number of phenolic OH excluding ortho intramolecular Hbond substituents is 1. The molecule has 0 spiro atoms. The molecule has 0 atom stereocenters. The lowest BCUT2D eigenvalue weighted by atomic mass is 10.1. The Kier molecular flexibility index (Phi) is 3.34. The molecule has 2 aromatic rings. The van der Waals surface area contributed by atoms with E-state index in [9.17, 15) is 9.90 Å². The molecular weight excluding hydrogens is 240 g/mol. The van der Waals surface area contributed by atoms with E-state index in [1.54, 1.807) is 31.2 Å². The quantitative estimate of drug-likeness (QED) is 0.844. The Morgan fingerprint density at radius 2 is 2.24 bits per heavy atom. The minimum Gasteiger partial charge on any atom is -0.507 e. The summed E-state index contributed by atoms with van der Waals surface area (Å²) >= 11 is 1.05. The van der Waals surface area contributed by atoms with Gasteiger partial charge < -0.3 is 9.84 Å². The number of rotatable bonds is 3. The normalized spacial score (nSPS) is 10.2. The number of hydrogen-bond donors (Lipinski definition) is 1. The van der Waals surface area contributed by atoms with Crippen molar-refractivity contribution < 1.29 is 14.6 Å². The van der Waals surface area contributed by atoms with Crippen LogP contribution < -0.4 is 0 Å². The first-order valence-electron chi connectivity index (χ1n) is 5.02. The Labute approximate surface area is 102 Å². The molecule has 1 aromatic carbocycles. The molecule has 0 amide bonds. The Balaban J connectivity index is 2.44. The molecule has 0 aliphatic carbocycles. The standard InChI is InChI=1S/C11H10N2O3S/c1-2-16-11(15)9-10(17-13-12-9)7-5-3-4-6-8(7)14/h3-6,14H,2H2,1H3. The van der Waals surface area contributed by atoms with E-state index in [1.165, 1.54) is 0 Å². The zero-order valence-electron chi connectivity index (χ0n) is 9.08. The molecule has 0 aliphatic heterocycles. The van der Waals surface area contributed by atoms with Gasteiger partial charge in [0.15, 0.2) is 5.69 Å². The van der Waals surface area contributed by atoms with E-state index < -0.39 is 5.97 Å². The van der Waals surface area contributed by atoms with Crippen molar-refractivity contribution in [2.45, 2.75) is 6.92 Å². The van der Waals surface area contributed by atoms with Gasteiger partial charge in [-0.05, 0) is 30.6 Å². The van der Waals surface area contributed by atoms with Crippen molar-refractivity contribution in [2.24, 2.45) is 0 Å². The highest BCUT2D eigenvalue weighted by Gasteiger charge is 2.20. The lowest BCUT2D eigenvalue weighted by Crippen LogP contribution is -2.06. The summed E-state index contributed by atoms with van der Waals surface area (Å²) in [7, 11) is 0. The third-order valence-electron chi connectivity index (χ3n) is 2.11. The molecule has 1 heterocycles. The van der Waals surface area contributed by atoms with Crippen LogP contribution >= 0.6 is 11.5 Å². The van der Waals surface area contributed by atoms with E-state index in [4.69, 9.17) is 4.74 Å². The lowest BCUT2D eigenvalue weighted by molar-refractivity contribution is 0.0520. The van der Waals surface area contributed by atoms with E-state index in [-0.39, 0.29) is 18.1 Å². The number of aromatic hydroxyl groups is 1. The number of esters is 1. The largest absolute Gasteiger partial charge is 0.507 e. The van der Waals surface area contributed by atoms with Crippen LogP contribution in [0.5, 0.6) is 5.75 Å². The van der Waals surface area contributed by atoms with E-state index >= 15 is 0 Å². The van der Waals surface area contributed by atoms with Gasteiger partial charge in [0.25, 0.3) is 0 Å². The van der Waals surface area contributed by atoms with Crippen LogP contribution in [0.4, 0.5) is 0 Å². The van der Waals surface area contributed by atoms with Crippen molar-refractivity contribution >= 4 is 17.5 Å². The first kappa shape index (κ1) is 11.5. The number of carbonyl (C=O) groups is 1. The molecule has 0 radical (unpaired) electrons. The highest BCUT2D eigenvalue weighted by molar-refractivity contribution is 7.09. The summed E-state index contributed by atoms with van der Waals surface area (Å²) < 4.78 is 8.59. The highest BCUT2D eigenvalue weighted by atomic mass is 32.1. The molecule has 0 fully saturated rings. The first-order chi connectivity index (χ1) is 8.24. The van der Waals surface area contributed by atoms with E-state index in [0.717, 1.165) is 11.5 Å². The number of carbonyl (C=O) groups excluding carboxylic acids is 1. The topological polar surface area (TPSA) is 72.3 Å². The molecule has 0 saturated carbocycles. The zero-order valence-corrected chi connectivity index (χ0v) is 9.90. The Morgan fingerprint density at radius 1 is 1.47 bits per heavy atom. The lowest BCUT2D eigenvalue weighted by Gasteiger charge is -2.03. The highest BCUT2D eigenvalue weighted by Crippen LogP contribution is 2.33. The van der Waals surface area contributed by atoms with Gasteiger partial charge in [-0.3, -0.25) is 0 Å². The predicted molar refractivity (Wildman–Crippen MR) is 63.0 cm³/mol. The minimum absolute atomic E-state index is 0.0871. The second-order valence-corrected chi connectivity index (χ2v) is 3.94. The van der Waals surface area contributed by atoms with E-state index in [1.807, 2.05) is 0 Å². The summed E-state index contributed by atoms with van der Waals surface area (Å²) in [6.07, 6.45) is 0. The number of ether oxygens (including phenoxy) is 1. The summed E-state index contributed by atoms with van der Waals surface area (Å²) in [6.45, 7) is 1.99. The predicted octanol–water partition coefficient (Wildman–Crippen LogP) is 2.09. The van der Waals surface area contributed by atoms with Crippen LogP contribution in [0, 0.1) is 0 Å². The van der Waals surface area contributed by atoms with Crippen LogP contribution in [0.15, 0.2) is 24.3 Å². The number of benzene rings is 1. The maximum absolute atomic E-state index is 11.6. The molecule has 5 nitrogen and oxygen atoms in total. The van der Waals surface area contributed by atoms with Gasteiger partial charge >= 0.3 is 5.97 Å². The number of hydrogen-bond acceptors (Lipinski definition) is 6. The third kappa shape index (κ3) is 2.26. The molecule has 0 bridgehead atoms. The number of nitrogens with zero attached hydrogens (tertiary/aromatic N) is 2.